The van der Waals surface area contributed by atoms with Gasteiger partial charge in [0.05, 0.1) is 34.2 Å². The van der Waals surface area contributed by atoms with Crippen LogP contribution in [0.1, 0.15) is 124 Å². The number of aromatic nitrogens is 3. The molecule has 1 aliphatic rings. The topological polar surface area (TPSA) is 47.9 Å². The maximum atomic E-state index is 5.84. The van der Waals surface area contributed by atoms with Crippen LogP contribution in [0.3, 0.4) is 0 Å². The fourth-order valence-electron chi connectivity index (χ4n) is 5.26. The van der Waals surface area contributed by atoms with E-state index in [1.165, 1.54) is 108 Å². The Balaban J connectivity index is 1.31. The van der Waals surface area contributed by atoms with Gasteiger partial charge in [-0.1, -0.05) is 129 Å². The van der Waals surface area contributed by atoms with Crippen LogP contribution in [0, 0.1) is 17.8 Å². The highest BCUT2D eigenvalue weighted by Gasteiger charge is 2.19. The molecule has 210 valence electrons. The van der Waals surface area contributed by atoms with Crippen molar-refractivity contribution in [3.05, 3.63) is 30.7 Å². The average Bonchev–Trinajstić information content (AvgIpc) is 3.76. The molecule has 1 fully saturated rings. The Kier molecular flexibility index (Phi) is 15.0. The van der Waals surface area contributed by atoms with Crippen LogP contribution in [-0.4, -0.2) is 31.1 Å². The Morgan fingerprint density at radius 2 is 1.61 bits per heavy atom. The van der Waals surface area contributed by atoms with E-state index in [1.54, 1.807) is 6.20 Å². The fraction of sp³-hybridized carbons (Fsp3) is 0.727. The summed E-state index contributed by atoms with van der Waals surface area (Å²) < 4.78 is 5.84. The largest absolute Gasteiger partial charge is 0.477 e. The predicted molar refractivity (Wildman–Crippen MR) is 162 cm³/mol. The summed E-state index contributed by atoms with van der Waals surface area (Å²) in [5, 5.41) is 1.30. The van der Waals surface area contributed by atoms with Gasteiger partial charge in [-0.2, -0.15) is 0 Å². The first kappa shape index (κ1) is 30.8. The molecule has 0 spiro atoms. The smallest absolute Gasteiger partial charge is 0.232 e. The first-order valence-corrected chi connectivity index (χ1v) is 17.0. The van der Waals surface area contributed by atoms with Crippen LogP contribution in [0.25, 0.3) is 11.4 Å². The van der Waals surface area contributed by atoms with Gasteiger partial charge >= 0.3 is 0 Å². The van der Waals surface area contributed by atoms with E-state index in [0.717, 1.165) is 51.7 Å². The summed E-state index contributed by atoms with van der Waals surface area (Å²) in [6.07, 6.45) is 27.2. The summed E-state index contributed by atoms with van der Waals surface area (Å²) >= 11 is 0. The van der Waals surface area contributed by atoms with Gasteiger partial charge in [-0.3, -0.25) is 4.98 Å². The molecule has 2 unspecified atom stereocenters. The van der Waals surface area contributed by atoms with E-state index < -0.39 is 0 Å². The van der Waals surface area contributed by atoms with Crippen molar-refractivity contribution in [1.82, 2.24) is 15.0 Å². The van der Waals surface area contributed by atoms with Crippen molar-refractivity contribution in [2.24, 2.45) is 17.8 Å². The second kappa shape index (κ2) is 18.5. The maximum absolute atomic E-state index is 5.84. The molecule has 2 heterocycles. The molecule has 5 heteroatoms. The minimum absolute atomic E-state index is 0.621. The number of pyridine rings is 1. The minimum atomic E-state index is 0.621. The molecule has 0 aliphatic heterocycles. The third kappa shape index (κ3) is 12.9. The zero-order chi connectivity index (χ0) is 26.8. The third-order valence-corrected chi connectivity index (χ3v) is 9.40. The molecule has 38 heavy (non-hydrogen) atoms. The first-order chi connectivity index (χ1) is 18.7. The van der Waals surface area contributed by atoms with E-state index in [-0.39, 0.29) is 0 Å². The SMILES string of the molecule is CCCCCC(C)CCCC(C)CCC[Si]c1cccnc1-c1cnc(OCCCCCCC2CC2)cn1. The highest BCUT2D eigenvalue weighted by atomic mass is 28.2. The van der Waals surface area contributed by atoms with Gasteiger partial charge in [0.25, 0.3) is 0 Å². The minimum Gasteiger partial charge on any atom is -0.477 e. The lowest BCUT2D eigenvalue weighted by Crippen LogP contribution is -2.18. The van der Waals surface area contributed by atoms with Crippen molar-refractivity contribution in [1.29, 1.82) is 0 Å². The molecule has 4 nitrogen and oxygen atoms in total. The van der Waals surface area contributed by atoms with Crippen LogP contribution in [0.15, 0.2) is 30.7 Å². The zero-order valence-electron chi connectivity index (χ0n) is 24.6. The second-order valence-electron chi connectivity index (χ2n) is 11.8. The molecular formula is C33H53N3OSi. The van der Waals surface area contributed by atoms with Gasteiger partial charge in [0.15, 0.2) is 0 Å². The fourth-order valence-corrected chi connectivity index (χ4v) is 6.48. The molecule has 0 amide bonds. The Labute approximate surface area is 236 Å². The lowest BCUT2D eigenvalue weighted by atomic mass is 9.93. The molecule has 1 saturated carbocycles. The number of hydrogen-bond donors (Lipinski definition) is 0. The van der Waals surface area contributed by atoms with E-state index in [4.69, 9.17) is 4.74 Å². The van der Waals surface area contributed by atoms with Gasteiger partial charge < -0.3 is 4.74 Å². The molecule has 0 N–H and O–H groups in total. The van der Waals surface area contributed by atoms with Crippen molar-refractivity contribution in [3.63, 3.8) is 0 Å². The number of rotatable bonds is 22. The third-order valence-electron chi connectivity index (χ3n) is 8.02. The van der Waals surface area contributed by atoms with Crippen molar-refractivity contribution >= 4 is 14.7 Å². The molecular weight excluding hydrogens is 482 g/mol. The lowest BCUT2D eigenvalue weighted by molar-refractivity contribution is 0.292. The van der Waals surface area contributed by atoms with E-state index in [0.29, 0.717) is 5.88 Å². The van der Waals surface area contributed by atoms with Crippen molar-refractivity contribution < 1.29 is 4.74 Å². The number of ether oxygens (including phenoxy) is 1. The Morgan fingerprint density at radius 1 is 0.842 bits per heavy atom. The summed E-state index contributed by atoms with van der Waals surface area (Å²) in [6, 6.07) is 5.48. The molecule has 0 saturated heterocycles. The Hall–Kier alpha value is -1.75. The van der Waals surface area contributed by atoms with Gasteiger partial charge in [0.2, 0.25) is 5.88 Å². The molecule has 2 aromatic rings. The Morgan fingerprint density at radius 3 is 2.34 bits per heavy atom. The van der Waals surface area contributed by atoms with Crippen molar-refractivity contribution in [3.8, 4) is 17.3 Å². The summed E-state index contributed by atoms with van der Waals surface area (Å²) in [7, 11) is 0.764. The van der Waals surface area contributed by atoms with E-state index in [2.05, 4.69) is 41.8 Å². The van der Waals surface area contributed by atoms with Gasteiger partial charge in [0.1, 0.15) is 5.69 Å². The quantitative estimate of drug-likeness (QED) is 0.112. The van der Waals surface area contributed by atoms with E-state index >= 15 is 0 Å². The monoisotopic (exact) mass is 535 g/mol. The molecule has 1 aliphatic carbocycles. The highest BCUT2D eigenvalue weighted by molar-refractivity contribution is 6.55. The van der Waals surface area contributed by atoms with Crippen molar-refractivity contribution in [2.45, 2.75) is 130 Å². The second-order valence-corrected chi connectivity index (χ2v) is 13.2. The molecule has 2 atom stereocenters. The van der Waals surface area contributed by atoms with Crippen LogP contribution < -0.4 is 9.92 Å². The van der Waals surface area contributed by atoms with E-state index in [1.807, 2.05) is 18.5 Å². The summed E-state index contributed by atoms with van der Waals surface area (Å²) in [5.74, 6) is 3.40. The highest BCUT2D eigenvalue weighted by Crippen LogP contribution is 2.34. The zero-order valence-corrected chi connectivity index (χ0v) is 25.6. The summed E-state index contributed by atoms with van der Waals surface area (Å²) in [6.45, 7) is 7.90. The van der Waals surface area contributed by atoms with Gasteiger partial charge in [-0.25, -0.2) is 9.97 Å². The first-order valence-electron chi connectivity index (χ1n) is 15.8. The number of nitrogens with zero attached hydrogens (tertiary/aromatic N) is 3. The number of hydrogen-bond acceptors (Lipinski definition) is 4. The van der Waals surface area contributed by atoms with Gasteiger partial charge in [-0.15, -0.1) is 0 Å². The van der Waals surface area contributed by atoms with Crippen LogP contribution in [0.2, 0.25) is 6.04 Å². The lowest BCUT2D eigenvalue weighted by Gasteiger charge is -2.14. The average molecular weight is 536 g/mol. The molecule has 2 radical (unpaired) electrons. The van der Waals surface area contributed by atoms with Crippen LogP contribution >= 0.6 is 0 Å². The summed E-state index contributed by atoms with van der Waals surface area (Å²) in [5.41, 5.74) is 1.83. The standard InChI is InChI=1S/C33H53N3OSi/c1-4-5-8-14-27(2)15-11-16-28(3)17-13-24-38-31-19-12-22-34-33(31)30-25-36-32(26-35-30)37-23-10-7-6-9-18-29-20-21-29/h12,19,22,25-29H,4-11,13-18,20-21,23-24H2,1-3H3. The molecule has 2 aromatic heterocycles. The normalized spacial score (nSPS) is 14.9. The summed E-state index contributed by atoms with van der Waals surface area (Å²) in [4.78, 5) is 13.8. The van der Waals surface area contributed by atoms with E-state index in [9.17, 15) is 0 Å². The maximum Gasteiger partial charge on any atom is 0.232 e. The molecule has 0 aromatic carbocycles. The van der Waals surface area contributed by atoms with Crippen LogP contribution in [0.4, 0.5) is 0 Å². The predicted octanol–water partition coefficient (Wildman–Crippen LogP) is 8.83. The molecule has 0 bridgehead atoms. The van der Waals surface area contributed by atoms with Crippen LogP contribution in [-0.2, 0) is 0 Å². The molecule has 3 rings (SSSR count). The van der Waals surface area contributed by atoms with Crippen molar-refractivity contribution in [2.75, 3.05) is 6.61 Å². The Bertz CT molecular complexity index is 871. The number of unbranched alkanes of at least 4 members (excludes halogenated alkanes) is 5. The van der Waals surface area contributed by atoms with Crippen LogP contribution in [0.5, 0.6) is 5.88 Å². The van der Waals surface area contributed by atoms with Gasteiger partial charge in [0, 0.05) is 6.20 Å². The van der Waals surface area contributed by atoms with Gasteiger partial charge in [-0.05, 0) is 35.4 Å².